The van der Waals surface area contributed by atoms with Crippen molar-refractivity contribution in [3.63, 3.8) is 0 Å². The number of aromatic nitrogens is 1. The van der Waals surface area contributed by atoms with Gasteiger partial charge in [-0.1, -0.05) is 5.16 Å². The number of carbonyl (C=O) groups excluding carboxylic acids is 2. The molecule has 0 radical (unpaired) electrons. The maximum absolute atomic E-state index is 12.9. The molecule has 2 heterocycles. The van der Waals surface area contributed by atoms with E-state index < -0.39 is 6.10 Å². The molecule has 1 unspecified atom stereocenters. The van der Waals surface area contributed by atoms with Gasteiger partial charge in [0, 0.05) is 11.3 Å². The molecule has 1 aromatic heterocycles. The first-order chi connectivity index (χ1) is 16.4. The van der Waals surface area contributed by atoms with Crippen LogP contribution in [-0.2, 0) is 16.1 Å². The van der Waals surface area contributed by atoms with E-state index in [1.165, 1.54) is 0 Å². The van der Waals surface area contributed by atoms with Gasteiger partial charge in [-0.25, -0.2) is 0 Å². The Balaban J connectivity index is 1.46. The smallest absolute Gasteiger partial charge is 0.268 e. The van der Waals surface area contributed by atoms with Crippen molar-refractivity contribution in [2.24, 2.45) is 0 Å². The quantitative estimate of drug-likeness (QED) is 0.536. The van der Waals surface area contributed by atoms with Crippen molar-refractivity contribution in [2.45, 2.75) is 40.3 Å². The van der Waals surface area contributed by atoms with E-state index in [-0.39, 0.29) is 18.4 Å². The zero-order chi connectivity index (χ0) is 24.2. The fourth-order valence-electron chi connectivity index (χ4n) is 3.68. The monoisotopic (exact) mass is 465 g/mol. The van der Waals surface area contributed by atoms with E-state index in [4.69, 9.17) is 18.7 Å². The molecule has 34 heavy (non-hydrogen) atoms. The summed E-state index contributed by atoms with van der Waals surface area (Å²) in [5.74, 6) is 1.99. The summed E-state index contributed by atoms with van der Waals surface area (Å²) in [7, 11) is 0. The highest BCUT2D eigenvalue weighted by atomic mass is 16.5. The molecular formula is C25H27N3O6. The lowest BCUT2D eigenvalue weighted by Gasteiger charge is -2.33. The molecule has 1 aliphatic heterocycles. The van der Waals surface area contributed by atoms with Gasteiger partial charge in [-0.2, -0.15) is 0 Å². The Hall–Kier alpha value is -4.01. The first kappa shape index (κ1) is 23.2. The summed E-state index contributed by atoms with van der Waals surface area (Å²) in [5, 5.41) is 6.79. The first-order valence-electron chi connectivity index (χ1n) is 11.0. The minimum atomic E-state index is -0.629. The maximum Gasteiger partial charge on any atom is 0.268 e. The van der Waals surface area contributed by atoms with Crippen molar-refractivity contribution in [1.82, 2.24) is 5.16 Å². The molecule has 1 N–H and O–H groups in total. The van der Waals surface area contributed by atoms with Crippen LogP contribution >= 0.6 is 0 Å². The highest BCUT2D eigenvalue weighted by Crippen LogP contribution is 2.37. The van der Waals surface area contributed by atoms with Crippen LogP contribution in [0, 0.1) is 13.8 Å². The van der Waals surface area contributed by atoms with Crippen LogP contribution in [0.1, 0.15) is 30.9 Å². The van der Waals surface area contributed by atoms with Crippen LogP contribution in [0.5, 0.6) is 17.2 Å². The second-order valence-electron chi connectivity index (χ2n) is 7.91. The number of fused-ring (bicyclic) bond motifs is 1. The number of aryl methyl sites for hydroxylation is 2. The fraction of sp³-hybridized carbons (Fsp3) is 0.320. The summed E-state index contributed by atoms with van der Waals surface area (Å²) in [6.45, 7) is 7.97. The van der Waals surface area contributed by atoms with Crippen LogP contribution in [0.15, 0.2) is 47.0 Å². The summed E-state index contributed by atoms with van der Waals surface area (Å²) in [5.41, 5.74) is 2.65. The first-order valence-corrected chi connectivity index (χ1v) is 11.0. The standard InChI is InChI=1S/C25H27N3O6/c1-5-31-19-7-9-20(10-8-19)32-14-24(29)26-18-6-11-23-22(12-18)28(25(30)17(4)33-23)13-21-15(2)27-34-16(21)3/h6-12,17H,5,13-14H2,1-4H3,(H,26,29). The Labute approximate surface area is 197 Å². The topological polar surface area (TPSA) is 103 Å². The van der Waals surface area contributed by atoms with Crippen molar-refractivity contribution < 1.29 is 28.3 Å². The second kappa shape index (κ2) is 9.86. The molecule has 1 aliphatic rings. The highest BCUT2D eigenvalue weighted by Gasteiger charge is 2.33. The Morgan fingerprint density at radius 2 is 1.82 bits per heavy atom. The number of ether oxygens (including phenoxy) is 3. The lowest BCUT2D eigenvalue weighted by atomic mass is 10.1. The van der Waals surface area contributed by atoms with Crippen molar-refractivity contribution >= 4 is 23.2 Å². The zero-order valence-corrected chi connectivity index (χ0v) is 19.6. The van der Waals surface area contributed by atoms with E-state index in [1.807, 2.05) is 20.8 Å². The van der Waals surface area contributed by atoms with Gasteiger partial charge in [0.05, 0.1) is 24.5 Å². The molecule has 9 nitrogen and oxygen atoms in total. The Kier molecular flexibility index (Phi) is 6.72. The van der Waals surface area contributed by atoms with Gasteiger partial charge in [-0.15, -0.1) is 0 Å². The Morgan fingerprint density at radius 3 is 2.47 bits per heavy atom. The average molecular weight is 466 g/mol. The summed E-state index contributed by atoms with van der Waals surface area (Å²) in [6, 6.07) is 12.2. The molecule has 1 atom stereocenters. The molecule has 4 rings (SSSR count). The average Bonchev–Trinajstić information content (AvgIpc) is 3.14. The third kappa shape index (κ3) is 4.98. The Bertz CT molecular complexity index is 1170. The number of amides is 2. The molecule has 0 saturated carbocycles. The van der Waals surface area contributed by atoms with Crippen LogP contribution in [0.4, 0.5) is 11.4 Å². The van der Waals surface area contributed by atoms with Crippen molar-refractivity contribution in [3.8, 4) is 17.2 Å². The number of rotatable bonds is 8. The van der Waals surface area contributed by atoms with Gasteiger partial charge in [0.25, 0.3) is 11.8 Å². The summed E-state index contributed by atoms with van der Waals surface area (Å²) in [6.07, 6.45) is -0.629. The predicted octanol–water partition coefficient (Wildman–Crippen LogP) is 4.02. The van der Waals surface area contributed by atoms with Gasteiger partial charge in [0.15, 0.2) is 12.7 Å². The zero-order valence-electron chi connectivity index (χ0n) is 19.6. The molecule has 3 aromatic rings. The second-order valence-corrected chi connectivity index (χ2v) is 7.91. The number of nitrogens with one attached hydrogen (secondary N) is 1. The molecule has 178 valence electrons. The third-order valence-electron chi connectivity index (χ3n) is 5.45. The van der Waals surface area contributed by atoms with Crippen molar-refractivity contribution in [2.75, 3.05) is 23.4 Å². The van der Waals surface area contributed by atoms with Crippen LogP contribution in [-0.4, -0.2) is 36.3 Å². The van der Waals surface area contributed by atoms with Gasteiger partial charge < -0.3 is 29.0 Å². The lowest BCUT2D eigenvalue weighted by molar-refractivity contribution is -0.125. The number of anilines is 2. The number of carbonyl (C=O) groups is 2. The minimum Gasteiger partial charge on any atom is -0.494 e. The number of hydrogen-bond donors (Lipinski definition) is 1. The largest absolute Gasteiger partial charge is 0.494 e. The van der Waals surface area contributed by atoms with E-state index in [1.54, 1.807) is 54.3 Å². The van der Waals surface area contributed by atoms with Gasteiger partial charge >= 0.3 is 0 Å². The van der Waals surface area contributed by atoms with E-state index in [0.717, 1.165) is 17.0 Å². The van der Waals surface area contributed by atoms with Crippen molar-refractivity contribution in [1.29, 1.82) is 0 Å². The van der Waals surface area contributed by atoms with E-state index >= 15 is 0 Å². The molecule has 2 aromatic carbocycles. The van der Waals surface area contributed by atoms with E-state index in [9.17, 15) is 9.59 Å². The lowest BCUT2D eigenvalue weighted by Crippen LogP contribution is -2.44. The number of nitrogens with zero attached hydrogens (tertiary/aromatic N) is 2. The molecule has 0 fully saturated rings. The minimum absolute atomic E-state index is 0.166. The fourth-order valence-corrected chi connectivity index (χ4v) is 3.68. The molecule has 2 amide bonds. The number of benzene rings is 2. The summed E-state index contributed by atoms with van der Waals surface area (Å²) >= 11 is 0. The normalized spacial score (nSPS) is 14.9. The van der Waals surface area contributed by atoms with E-state index in [2.05, 4.69) is 10.5 Å². The molecule has 9 heteroatoms. The van der Waals surface area contributed by atoms with Crippen LogP contribution in [0.2, 0.25) is 0 Å². The molecular weight excluding hydrogens is 438 g/mol. The maximum atomic E-state index is 12.9. The van der Waals surface area contributed by atoms with Gasteiger partial charge in [0.2, 0.25) is 0 Å². The van der Waals surface area contributed by atoms with Crippen molar-refractivity contribution in [3.05, 3.63) is 59.5 Å². The SMILES string of the molecule is CCOc1ccc(OCC(=O)Nc2ccc3c(c2)N(Cc2c(C)noc2C)C(=O)C(C)O3)cc1. The molecule has 0 spiro atoms. The molecule has 0 aliphatic carbocycles. The van der Waals surface area contributed by atoms with Crippen LogP contribution < -0.4 is 24.4 Å². The third-order valence-corrected chi connectivity index (χ3v) is 5.45. The Morgan fingerprint density at radius 1 is 1.12 bits per heavy atom. The number of hydrogen-bond acceptors (Lipinski definition) is 7. The predicted molar refractivity (Wildman–Crippen MR) is 125 cm³/mol. The van der Waals surface area contributed by atoms with E-state index in [0.29, 0.717) is 41.8 Å². The molecule has 0 saturated heterocycles. The van der Waals surface area contributed by atoms with Gasteiger partial charge in [0.1, 0.15) is 23.0 Å². The van der Waals surface area contributed by atoms with Crippen LogP contribution in [0.25, 0.3) is 0 Å². The van der Waals surface area contributed by atoms with Gasteiger partial charge in [-0.05, 0) is 70.2 Å². The highest BCUT2D eigenvalue weighted by molar-refractivity contribution is 6.01. The van der Waals surface area contributed by atoms with Crippen LogP contribution in [0.3, 0.4) is 0 Å². The molecule has 0 bridgehead atoms. The van der Waals surface area contributed by atoms with Gasteiger partial charge in [-0.3, -0.25) is 9.59 Å². The summed E-state index contributed by atoms with van der Waals surface area (Å²) in [4.78, 5) is 27.0. The summed E-state index contributed by atoms with van der Waals surface area (Å²) < 4.78 is 22.0.